The molecule has 1 aliphatic heterocycles. The maximum Gasteiger partial charge on any atom is 0.229 e. The molecule has 1 aliphatic carbocycles. The number of rotatable bonds is 1. The first-order valence-electron chi connectivity index (χ1n) is 11.1. The third-order valence-corrected chi connectivity index (χ3v) is 6.20. The maximum absolute atomic E-state index is 13.5. The summed E-state index contributed by atoms with van der Waals surface area (Å²) in [6.45, 7) is 2.78. The Kier molecular flexibility index (Phi) is 5.80. The molecule has 0 fully saturated rings. The highest BCUT2D eigenvalue weighted by molar-refractivity contribution is 5.63. The minimum atomic E-state index is -0.242. The van der Waals surface area contributed by atoms with Crippen LogP contribution in [0.4, 0.5) is 21.8 Å². The van der Waals surface area contributed by atoms with Crippen LogP contribution in [-0.2, 0) is 6.42 Å². The molecule has 0 saturated carbocycles. The van der Waals surface area contributed by atoms with Gasteiger partial charge in [-0.05, 0) is 49.7 Å². The third kappa shape index (κ3) is 4.45. The fraction of sp³-hybridized carbons (Fsp3) is 0.320. The standard InChI is InChI=1S/C25H25FN6O/c1-32-11-10-28-24-21-9-8-20(16-2-5-18(26)6-3-16)23(21)30-25(31-24)29-19-7-4-17(15-27)22(14-19)33-13-12-32/h2-7,14,20H,8-13H2,1H3,(H2,28,29,30,31). The first-order valence-corrected chi connectivity index (χ1v) is 11.1. The van der Waals surface area contributed by atoms with E-state index in [9.17, 15) is 9.65 Å². The molecule has 1 unspecified atom stereocenters. The number of hydrogen-bond acceptors (Lipinski definition) is 7. The van der Waals surface area contributed by atoms with E-state index in [1.165, 1.54) is 12.1 Å². The SMILES string of the molecule is CN1CCNc2nc(nc3c2CCC3c2ccc(F)cc2)Nc2ccc(C#N)c(c2)OCC1. The van der Waals surface area contributed by atoms with Crippen molar-refractivity contribution in [3.05, 3.63) is 70.7 Å². The van der Waals surface area contributed by atoms with Crippen LogP contribution in [0.25, 0.3) is 0 Å². The number of halogens is 1. The molecule has 1 aromatic heterocycles. The van der Waals surface area contributed by atoms with Crippen molar-refractivity contribution in [3.63, 3.8) is 0 Å². The number of likely N-dealkylation sites (N-methyl/N-ethyl adjacent to an activating group) is 1. The Balaban J connectivity index is 1.55. The summed E-state index contributed by atoms with van der Waals surface area (Å²) >= 11 is 0. The topological polar surface area (TPSA) is 86.1 Å². The smallest absolute Gasteiger partial charge is 0.229 e. The van der Waals surface area contributed by atoms with Crippen LogP contribution < -0.4 is 15.4 Å². The molecule has 168 valence electrons. The van der Waals surface area contributed by atoms with Gasteiger partial charge in [-0.15, -0.1) is 0 Å². The van der Waals surface area contributed by atoms with E-state index in [2.05, 4.69) is 21.6 Å². The summed E-state index contributed by atoms with van der Waals surface area (Å²) in [5, 5.41) is 16.2. The molecule has 2 N–H and O–H groups in total. The number of aromatic nitrogens is 2. The van der Waals surface area contributed by atoms with Crippen LogP contribution in [0, 0.1) is 17.1 Å². The van der Waals surface area contributed by atoms with Crippen LogP contribution >= 0.6 is 0 Å². The number of ether oxygens (including phenoxy) is 1. The van der Waals surface area contributed by atoms with E-state index >= 15 is 0 Å². The summed E-state index contributed by atoms with van der Waals surface area (Å²) in [5.74, 6) is 1.70. The van der Waals surface area contributed by atoms with Crippen LogP contribution in [0.15, 0.2) is 42.5 Å². The number of fused-ring (bicyclic) bond motifs is 6. The van der Waals surface area contributed by atoms with Gasteiger partial charge in [0.2, 0.25) is 5.95 Å². The molecule has 0 spiro atoms. The van der Waals surface area contributed by atoms with Gasteiger partial charge in [0.25, 0.3) is 0 Å². The summed E-state index contributed by atoms with van der Waals surface area (Å²) in [4.78, 5) is 11.8. The average Bonchev–Trinajstić information content (AvgIpc) is 3.23. The molecule has 0 amide bonds. The van der Waals surface area contributed by atoms with Gasteiger partial charge in [-0.3, -0.25) is 0 Å². The van der Waals surface area contributed by atoms with Gasteiger partial charge >= 0.3 is 0 Å². The highest BCUT2D eigenvalue weighted by Crippen LogP contribution is 2.40. The van der Waals surface area contributed by atoms with E-state index in [1.54, 1.807) is 6.07 Å². The van der Waals surface area contributed by atoms with Crippen molar-refractivity contribution in [2.45, 2.75) is 18.8 Å². The molecular formula is C25H25FN6O. The van der Waals surface area contributed by atoms with Gasteiger partial charge in [-0.2, -0.15) is 10.2 Å². The lowest BCUT2D eigenvalue weighted by Crippen LogP contribution is -2.29. The van der Waals surface area contributed by atoms with E-state index < -0.39 is 0 Å². The summed E-state index contributed by atoms with van der Waals surface area (Å²) in [7, 11) is 2.04. The molecule has 7 nitrogen and oxygen atoms in total. The molecule has 2 aromatic carbocycles. The van der Waals surface area contributed by atoms with E-state index in [1.807, 2.05) is 31.3 Å². The van der Waals surface area contributed by atoms with Crippen molar-refractivity contribution in [2.75, 3.05) is 43.9 Å². The second kappa shape index (κ2) is 9.04. The van der Waals surface area contributed by atoms with Gasteiger partial charge < -0.3 is 20.3 Å². The maximum atomic E-state index is 13.5. The number of nitriles is 1. The predicted octanol–water partition coefficient (Wildman–Crippen LogP) is 4.05. The molecule has 2 aliphatic rings. The first kappa shape index (κ1) is 21.2. The lowest BCUT2D eigenvalue weighted by Gasteiger charge is -2.20. The number of nitrogens with zero attached hydrogens (tertiary/aromatic N) is 4. The van der Waals surface area contributed by atoms with E-state index in [0.29, 0.717) is 23.9 Å². The lowest BCUT2D eigenvalue weighted by molar-refractivity contribution is 0.241. The van der Waals surface area contributed by atoms with Crippen LogP contribution in [-0.4, -0.2) is 48.2 Å². The monoisotopic (exact) mass is 444 g/mol. The second-order valence-electron chi connectivity index (χ2n) is 8.43. The highest BCUT2D eigenvalue weighted by Gasteiger charge is 2.29. The first-order chi connectivity index (χ1) is 16.1. The number of benzene rings is 2. The minimum absolute atomic E-state index is 0.0890. The molecule has 2 heterocycles. The van der Waals surface area contributed by atoms with E-state index in [4.69, 9.17) is 14.7 Å². The largest absolute Gasteiger partial charge is 0.491 e. The zero-order valence-electron chi connectivity index (χ0n) is 18.4. The Labute approximate surface area is 192 Å². The van der Waals surface area contributed by atoms with Crippen molar-refractivity contribution in [1.82, 2.24) is 14.9 Å². The Hall–Kier alpha value is -3.70. The Morgan fingerprint density at radius 3 is 2.82 bits per heavy atom. The summed E-state index contributed by atoms with van der Waals surface area (Å²) < 4.78 is 19.4. The van der Waals surface area contributed by atoms with Crippen molar-refractivity contribution in [1.29, 1.82) is 5.26 Å². The second-order valence-corrected chi connectivity index (χ2v) is 8.43. The van der Waals surface area contributed by atoms with Crippen molar-refractivity contribution < 1.29 is 9.13 Å². The lowest BCUT2D eigenvalue weighted by atomic mass is 9.97. The zero-order chi connectivity index (χ0) is 22.8. The fourth-order valence-corrected chi connectivity index (χ4v) is 4.41. The fourth-order valence-electron chi connectivity index (χ4n) is 4.41. The summed E-state index contributed by atoms with van der Waals surface area (Å²) in [5.41, 5.74) is 4.37. The van der Waals surface area contributed by atoms with Gasteiger partial charge in [-0.1, -0.05) is 12.1 Å². The summed E-state index contributed by atoms with van der Waals surface area (Å²) in [6.07, 6.45) is 1.77. The number of anilines is 3. The van der Waals surface area contributed by atoms with Crippen molar-refractivity contribution in [2.24, 2.45) is 0 Å². The van der Waals surface area contributed by atoms with Crippen LogP contribution in [0.3, 0.4) is 0 Å². The quantitative estimate of drug-likeness (QED) is 0.586. The van der Waals surface area contributed by atoms with Gasteiger partial charge in [0.05, 0.1) is 11.3 Å². The molecule has 5 rings (SSSR count). The van der Waals surface area contributed by atoms with Crippen molar-refractivity contribution >= 4 is 17.5 Å². The summed E-state index contributed by atoms with van der Waals surface area (Å²) in [6, 6.07) is 14.2. The predicted molar refractivity (Wildman–Crippen MR) is 125 cm³/mol. The molecule has 4 bridgehead atoms. The average molecular weight is 445 g/mol. The molecule has 0 saturated heterocycles. The van der Waals surface area contributed by atoms with E-state index in [0.717, 1.165) is 60.8 Å². The van der Waals surface area contributed by atoms with Gasteiger partial charge in [0, 0.05) is 42.9 Å². The molecular weight excluding hydrogens is 419 g/mol. The minimum Gasteiger partial charge on any atom is -0.491 e. The molecule has 8 heteroatoms. The Morgan fingerprint density at radius 2 is 2.00 bits per heavy atom. The zero-order valence-corrected chi connectivity index (χ0v) is 18.4. The van der Waals surface area contributed by atoms with E-state index in [-0.39, 0.29) is 11.7 Å². The van der Waals surface area contributed by atoms with Crippen molar-refractivity contribution in [3.8, 4) is 11.8 Å². The van der Waals surface area contributed by atoms with Gasteiger partial charge in [-0.25, -0.2) is 9.37 Å². The molecule has 33 heavy (non-hydrogen) atoms. The van der Waals surface area contributed by atoms with Crippen LogP contribution in [0.1, 0.15) is 34.7 Å². The Morgan fingerprint density at radius 1 is 1.15 bits per heavy atom. The van der Waals surface area contributed by atoms with Crippen LogP contribution in [0.5, 0.6) is 5.75 Å². The number of hydrogen-bond donors (Lipinski definition) is 2. The third-order valence-electron chi connectivity index (χ3n) is 6.20. The highest BCUT2D eigenvalue weighted by atomic mass is 19.1. The van der Waals surface area contributed by atoms with Gasteiger partial charge in [0.15, 0.2) is 0 Å². The van der Waals surface area contributed by atoms with Gasteiger partial charge in [0.1, 0.15) is 30.1 Å². The molecule has 3 aromatic rings. The Bertz CT molecular complexity index is 1210. The number of nitrogens with one attached hydrogen (secondary N) is 2. The normalized spacial score (nSPS) is 18.2. The molecule has 0 radical (unpaired) electrons. The van der Waals surface area contributed by atoms with Crippen LogP contribution in [0.2, 0.25) is 0 Å². The molecule has 1 atom stereocenters.